The summed E-state index contributed by atoms with van der Waals surface area (Å²) < 4.78 is 0. The Balaban J connectivity index is 1.64. The summed E-state index contributed by atoms with van der Waals surface area (Å²) in [6.45, 7) is 2.17. The fourth-order valence-electron chi connectivity index (χ4n) is 3.19. The van der Waals surface area contributed by atoms with Crippen molar-refractivity contribution in [3.63, 3.8) is 0 Å². The average molecular weight is 336 g/mol. The Morgan fingerprint density at radius 1 is 1.21 bits per heavy atom. The molecule has 0 fully saturated rings. The van der Waals surface area contributed by atoms with E-state index in [9.17, 15) is 0 Å². The van der Waals surface area contributed by atoms with Crippen molar-refractivity contribution in [2.24, 2.45) is 10.7 Å². The summed E-state index contributed by atoms with van der Waals surface area (Å²) in [5, 5.41) is 0.687. The third-order valence-electron chi connectivity index (χ3n) is 4.55. The second kappa shape index (κ2) is 5.98. The number of hydrogen-bond donors (Lipinski definition) is 2. The standard InChI is InChI=1S/C19H20N4S/c1-19(9-10-24-18(20)23-19)14-6-4-5-13(11-14)12-17-21-15-7-2-3-8-16(15)22-17/h2-8,11H,9-10,12H2,1H3,(H2,20,23)(H,21,22). The molecule has 1 atom stereocenters. The molecule has 5 heteroatoms. The maximum atomic E-state index is 5.95. The van der Waals surface area contributed by atoms with Crippen molar-refractivity contribution in [3.05, 3.63) is 65.5 Å². The van der Waals surface area contributed by atoms with Crippen molar-refractivity contribution in [2.45, 2.75) is 25.3 Å². The van der Waals surface area contributed by atoms with Crippen LogP contribution in [-0.4, -0.2) is 20.9 Å². The lowest BCUT2D eigenvalue weighted by Gasteiger charge is -2.30. The average Bonchev–Trinajstić information content (AvgIpc) is 2.97. The second-order valence-electron chi connectivity index (χ2n) is 6.40. The van der Waals surface area contributed by atoms with Gasteiger partial charge in [-0.1, -0.05) is 48.2 Å². The minimum Gasteiger partial charge on any atom is -0.379 e. The number of nitrogens with two attached hydrogens (primary N) is 1. The highest BCUT2D eigenvalue weighted by Crippen LogP contribution is 2.35. The molecule has 3 N–H and O–H groups in total. The van der Waals surface area contributed by atoms with Gasteiger partial charge in [0, 0.05) is 12.2 Å². The number of nitrogens with zero attached hydrogens (tertiary/aromatic N) is 2. The Kier molecular flexibility index (Phi) is 3.81. The van der Waals surface area contributed by atoms with Crippen LogP contribution in [0.15, 0.2) is 53.5 Å². The summed E-state index contributed by atoms with van der Waals surface area (Å²) in [6, 6.07) is 16.8. The lowest BCUT2D eigenvalue weighted by Crippen LogP contribution is -2.28. The zero-order valence-electron chi connectivity index (χ0n) is 13.6. The van der Waals surface area contributed by atoms with Gasteiger partial charge in [-0.25, -0.2) is 4.98 Å². The molecule has 4 nitrogen and oxygen atoms in total. The largest absolute Gasteiger partial charge is 0.379 e. The van der Waals surface area contributed by atoms with E-state index in [1.165, 1.54) is 11.1 Å². The third-order valence-corrected chi connectivity index (χ3v) is 5.35. The van der Waals surface area contributed by atoms with Crippen LogP contribution in [0.1, 0.15) is 30.3 Å². The summed E-state index contributed by atoms with van der Waals surface area (Å²) >= 11 is 1.64. The van der Waals surface area contributed by atoms with Crippen LogP contribution in [0.4, 0.5) is 0 Å². The van der Waals surface area contributed by atoms with Gasteiger partial charge in [0.25, 0.3) is 0 Å². The molecule has 122 valence electrons. The van der Waals surface area contributed by atoms with E-state index >= 15 is 0 Å². The fourth-order valence-corrected chi connectivity index (χ4v) is 4.17. The van der Waals surface area contributed by atoms with E-state index in [1.54, 1.807) is 11.8 Å². The van der Waals surface area contributed by atoms with E-state index in [0.717, 1.165) is 35.5 Å². The SMILES string of the molecule is CC1(c2cccc(Cc3nc4ccccc4[nH]3)c2)CCSC(N)=N1. The van der Waals surface area contributed by atoms with Crippen molar-refractivity contribution in [1.82, 2.24) is 9.97 Å². The van der Waals surface area contributed by atoms with E-state index in [-0.39, 0.29) is 5.54 Å². The number of amidine groups is 1. The quantitative estimate of drug-likeness (QED) is 0.764. The lowest BCUT2D eigenvalue weighted by atomic mass is 9.88. The number of imidazole rings is 1. The smallest absolute Gasteiger partial charge is 0.154 e. The van der Waals surface area contributed by atoms with Crippen LogP contribution in [-0.2, 0) is 12.0 Å². The van der Waals surface area contributed by atoms with Crippen molar-refractivity contribution in [2.75, 3.05) is 5.75 Å². The normalized spacial score (nSPS) is 21.0. The van der Waals surface area contributed by atoms with E-state index in [0.29, 0.717) is 5.17 Å². The molecule has 0 bridgehead atoms. The molecule has 2 heterocycles. The summed E-state index contributed by atoms with van der Waals surface area (Å²) in [6.07, 6.45) is 1.79. The Morgan fingerprint density at radius 2 is 2.08 bits per heavy atom. The van der Waals surface area contributed by atoms with Gasteiger partial charge < -0.3 is 10.7 Å². The first-order valence-corrected chi connectivity index (χ1v) is 9.12. The number of aromatic nitrogens is 2. The minimum atomic E-state index is -0.223. The molecule has 0 saturated heterocycles. The molecule has 1 aliphatic heterocycles. The third kappa shape index (κ3) is 2.91. The molecule has 0 aliphatic carbocycles. The number of nitrogens with one attached hydrogen (secondary N) is 1. The number of para-hydroxylation sites is 2. The molecule has 2 aromatic carbocycles. The van der Waals surface area contributed by atoms with Crippen LogP contribution in [0.3, 0.4) is 0 Å². The van der Waals surface area contributed by atoms with E-state index < -0.39 is 0 Å². The molecule has 0 spiro atoms. The first-order chi connectivity index (χ1) is 11.6. The van der Waals surface area contributed by atoms with Gasteiger partial charge in [0.1, 0.15) is 5.82 Å². The number of aliphatic imine (C=N–C) groups is 1. The van der Waals surface area contributed by atoms with Crippen molar-refractivity contribution in [3.8, 4) is 0 Å². The van der Waals surface area contributed by atoms with Gasteiger partial charge in [-0.3, -0.25) is 4.99 Å². The van der Waals surface area contributed by atoms with Gasteiger partial charge in [0.2, 0.25) is 0 Å². The van der Waals surface area contributed by atoms with Crippen LogP contribution in [0, 0.1) is 0 Å². The van der Waals surface area contributed by atoms with Gasteiger partial charge in [-0.2, -0.15) is 0 Å². The number of hydrogen-bond acceptors (Lipinski definition) is 4. The van der Waals surface area contributed by atoms with E-state index in [1.807, 2.05) is 18.2 Å². The van der Waals surface area contributed by atoms with Gasteiger partial charge in [-0.05, 0) is 36.6 Å². The molecule has 1 unspecified atom stereocenters. The Bertz CT molecular complexity index is 881. The molecular weight excluding hydrogens is 316 g/mol. The molecule has 0 saturated carbocycles. The molecule has 4 rings (SSSR count). The maximum Gasteiger partial charge on any atom is 0.154 e. The Hall–Kier alpha value is -2.27. The summed E-state index contributed by atoms with van der Waals surface area (Å²) in [5.41, 5.74) is 10.3. The van der Waals surface area contributed by atoms with Crippen molar-refractivity contribution >= 4 is 28.0 Å². The van der Waals surface area contributed by atoms with Crippen LogP contribution in [0.2, 0.25) is 0 Å². The number of aromatic amines is 1. The maximum absolute atomic E-state index is 5.95. The molecule has 1 aliphatic rings. The molecule has 0 amide bonds. The van der Waals surface area contributed by atoms with Crippen molar-refractivity contribution in [1.29, 1.82) is 0 Å². The lowest BCUT2D eigenvalue weighted by molar-refractivity contribution is 0.481. The van der Waals surface area contributed by atoms with Crippen molar-refractivity contribution < 1.29 is 0 Å². The van der Waals surface area contributed by atoms with Crippen LogP contribution >= 0.6 is 11.8 Å². The summed E-state index contributed by atoms with van der Waals surface area (Å²) in [7, 11) is 0. The highest BCUT2D eigenvalue weighted by atomic mass is 32.2. The minimum absolute atomic E-state index is 0.223. The van der Waals surface area contributed by atoms with Gasteiger partial charge in [0.15, 0.2) is 5.17 Å². The number of thioether (sulfide) groups is 1. The van der Waals surface area contributed by atoms with E-state index in [2.05, 4.69) is 47.2 Å². The first kappa shape index (κ1) is 15.3. The predicted octanol–water partition coefficient (Wildman–Crippen LogP) is 3.82. The summed E-state index contributed by atoms with van der Waals surface area (Å²) in [4.78, 5) is 12.8. The number of fused-ring (bicyclic) bond motifs is 1. The molecule has 3 aromatic rings. The first-order valence-electron chi connectivity index (χ1n) is 8.14. The number of rotatable bonds is 3. The second-order valence-corrected chi connectivity index (χ2v) is 7.52. The molecule has 0 radical (unpaired) electrons. The van der Waals surface area contributed by atoms with E-state index in [4.69, 9.17) is 10.7 Å². The Morgan fingerprint density at radius 3 is 2.92 bits per heavy atom. The molecule has 1 aromatic heterocycles. The number of benzene rings is 2. The fraction of sp³-hybridized carbons (Fsp3) is 0.263. The van der Waals surface area contributed by atoms with Gasteiger partial charge >= 0.3 is 0 Å². The topological polar surface area (TPSA) is 67.1 Å². The molecule has 24 heavy (non-hydrogen) atoms. The predicted molar refractivity (Wildman–Crippen MR) is 101 cm³/mol. The zero-order valence-corrected chi connectivity index (χ0v) is 14.4. The highest BCUT2D eigenvalue weighted by molar-refractivity contribution is 8.13. The monoisotopic (exact) mass is 336 g/mol. The zero-order chi connectivity index (χ0) is 16.6. The molecular formula is C19H20N4S. The van der Waals surface area contributed by atoms with Gasteiger partial charge in [-0.15, -0.1) is 0 Å². The Labute approximate surface area is 145 Å². The summed E-state index contributed by atoms with van der Waals surface area (Å²) in [5.74, 6) is 2.00. The van der Waals surface area contributed by atoms with Gasteiger partial charge in [0.05, 0.1) is 16.6 Å². The highest BCUT2D eigenvalue weighted by Gasteiger charge is 2.29. The van der Waals surface area contributed by atoms with Crippen LogP contribution < -0.4 is 5.73 Å². The van der Waals surface area contributed by atoms with Crippen LogP contribution in [0.25, 0.3) is 11.0 Å². The number of H-pyrrole nitrogens is 1. The van der Waals surface area contributed by atoms with Crippen LogP contribution in [0.5, 0.6) is 0 Å².